The number of benzene rings is 2. The number of rotatable bonds is 3. The molecule has 0 saturated carbocycles. The molecule has 0 spiro atoms. The van der Waals surface area contributed by atoms with Gasteiger partial charge >= 0.3 is 0 Å². The van der Waals surface area contributed by atoms with Gasteiger partial charge in [-0.25, -0.2) is 0 Å². The molecule has 8 heteroatoms. The van der Waals surface area contributed by atoms with E-state index in [2.05, 4.69) is 15.2 Å². The summed E-state index contributed by atoms with van der Waals surface area (Å²) in [7, 11) is -4.42. The standard InChI is InChI=1S/C15H12N4O3S/c16-15-12-6-2-1-5-11(12)14(23(20,21)22)8-13(15)19-18-10-4-3-7-17-9-10/h1-9H,16H2,(H,20,21,22)/b19-18+. The number of fused-ring (bicyclic) bond motifs is 1. The van der Waals surface area contributed by atoms with Gasteiger partial charge in [0.25, 0.3) is 10.1 Å². The van der Waals surface area contributed by atoms with Crippen LogP contribution in [-0.4, -0.2) is 18.0 Å². The number of hydrogen-bond acceptors (Lipinski definition) is 6. The molecule has 0 atom stereocenters. The fraction of sp³-hybridized carbons (Fsp3) is 0. The van der Waals surface area contributed by atoms with Crippen molar-refractivity contribution in [3.63, 3.8) is 0 Å². The van der Waals surface area contributed by atoms with Crippen molar-refractivity contribution in [3.8, 4) is 0 Å². The fourth-order valence-electron chi connectivity index (χ4n) is 2.17. The van der Waals surface area contributed by atoms with Crippen LogP contribution in [0.4, 0.5) is 17.1 Å². The fourth-order valence-corrected chi connectivity index (χ4v) is 2.89. The summed E-state index contributed by atoms with van der Waals surface area (Å²) in [6.45, 7) is 0. The third-order valence-corrected chi connectivity index (χ3v) is 4.12. The number of nitrogens with two attached hydrogens (primary N) is 1. The molecule has 3 aromatic rings. The van der Waals surface area contributed by atoms with E-state index >= 15 is 0 Å². The van der Waals surface area contributed by atoms with Crippen molar-refractivity contribution in [2.75, 3.05) is 5.73 Å². The van der Waals surface area contributed by atoms with Crippen molar-refractivity contribution < 1.29 is 13.0 Å². The first kappa shape index (κ1) is 15.1. The van der Waals surface area contributed by atoms with Gasteiger partial charge < -0.3 is 5.73 Å². The lowest BCUT2D eigenvalue weighted by atomic mass is 10.1. The Morgan fingerprint density at radius 3 is 2.43 bits per heavy atom. The zero-order valence-corrected chi connectivity index (χ0v) is 12.6. The summed E-state index contributed by atoms with van der Waals surface area (Å²) in [5, 5.41) is 8.76. The summed E-state index contributed by atoms with van der Waals surface area (Å²) in [6, 6.07) is 11.2. The first-order valence-electron chi connectivity index (χ1n) is 6.57. The Bertz CT molecular complexity index is 1000. The Hall–Kier alpha value is -2.84. The van der Waals surface area contributed by atoms with Crippen molar-refractivity contribution >= 4 is 38.0 Å². The second kappa shape index (κ2) is 5.75. The molecule has 2 aromatic carbocycles. The molecule has 0 fully saturated rings. The zero-order valence-electron chi connectivity index (χ0n) is 11.8. The van der Waals surface area contributed by atoms with Gasteiger partial charge in [-0.05, 0) is 18.2 Å². The second-order valence-electron chi connectivity index (χ2n) is 4.74. The van der Waals surface area contributed by atoms with Crippen molar-refractivity contribution in [2.45, 2.75) is 4.90 Å². The minimum atomic E-state index is -4.42. The summed E-state index contributed by atoms with van der Waals surface area (Å²) in [5.41, 5.74) is 6.97. The lowest BCUT2D eigenvalue weighted by Crippen LogP contribution is -2.01. The van der Waals surface area contributed by atoms with E-state index in [1.165, 1.54) is 12.3 Å². The van der Waals surface area contributed by atoms with Crippen molar-refractivity contribution in [1.82, 2.24) is 4.98 Å². The molecule has 0 aliphatic carbocycles. The van der Waals surface area contributed by atoms with Crippen LogP contribution in [0.15, 0.2) is 70.0 Å². The third-order valence-electron chi connectivity index (χ3n) is 3.22. The van der Waals surface area contributed by atoms with Crippen LogP contribution in [0.1, 0.15) is 0 Å². The molecule has 0 amide bonds. The van der Waals surface area contributed by atoms with Crippen LogP contribution in [0.2, 0.25) is 0 Å². The van der Waals surface area contributed by atoms with Crippen LogP contribution in [0.5, 0.6) is 0 Å². The van der Waals surface area contributed by atoms with Crippen LogP contribution in [-0.2, 0) is 10.1 Å². The maximum absolute atomic E-state index is 11.6. The summed E-state index contributed by atoms with van der Waals surface area (Å²) in [5.74, 6) is 0. The number of pyridine rings is 1. The first-order valence-corrected chi connectivity index (χ1v) is 8.01. The highest BCUT2D eigenvalue weighted by molar-refractivity contribution is 7.86. The lowest BCUT2D eigenvalue weighted by Gasteiger charge is -2.09. The quantitative estimate of drug-likeness (QED) is 0.433. The molecule has 0 aliphatic rings. The van der Waals surface area contributed by atoms with Crippen LogP contribution in [0.25, 0.3) is 10.8 Å². The van der Waals surface area contributed by atoms with E-state index in [0.717, 1.165) is 0 Å². The van der Waals surface area contributed by atoms with Gasteiger partial charge in [0.15, 0.2) is 0 Å². The largest absolute Gasteiger partial charge is 0.396 e. The summed E-state index contributed by atoms with van der Waals surface area (Å²) >= 11 is 0. The van der Waals surface area contributed by atoms with E-state index in [1.54, 1.807) is 42.6 Å². The van der Waals surface area contributed by atoms with E-state index in [1.807, 2.05) is 0 Å². The molecular formula is C15H12N4O3S. The molecule has 1 heterocycles. The predicted molar refractivity (Wildman–Crippen MR) is 86.6 cm³/mol. The highest BCUT2D eigenvalue weighted by Crippen LogP contribution is 2.36. The molecule has 23 heavy (non-hydrogen) atoms. The summed E-state index contributed by atoms with van der Waals surface area (Å²) in [4.78, 5) is 3.64. The van der Waals surface area contributed by atoms with Crippen LogP contribution in [0.3, 0.4) is 0 Å². The van der Waals surface area contributed by atoms with E-state index in [9.17, 15) is 13.0 Å². The average Bonchev–Trinajstić information content (AvgIpc) is 2.54. The molecule has 0 unspecified atom stereocenters. The van der Waals surface area contributed by atoms with Gasteiger partial charge in [-0.15, -0.1) is 10.2 Å². The SMILES string of the molecule is Nc1c(/N=N/c2cccnc2)cc(S(=O)(=O)O)c2ccccc12. The Morgan fingerprint density at radius 1 is 1.04 bits per heavy atom. The van der Waals surface area contributed by atoms with Gasteiger partial charge in [-0.1, -0.05) is 24.3 Å². The monoisotopic (exact) mass is 328 g/mol. The molecule has 3 rings (SSSR count). The summed E-state index contributed by atoms with van der Waals surface area (Å²) in [6.07, 6.45) is 3.10. The number of nitrogen functional groups attached to an aromatic ring is 1. The maximum atomic E-state index is 11.6. The van der Waals surface area contributed by atoms with Crippen molar-refractivity contribution in [3.05, 3.63) is 54.9 Å². The van der Waals surface area contributed by atoms with E-state index in [-0.39, 0.29) is 16.3 Å². The minimum Gasteiger partial charge on any atom is -0.396 e. The van der Waals surface area contributed by atoms with Crippen LogP contribution >= 0.6 is 0 Å². The molecule has 0 aliphatic heterocycles. The first-order chi connectivity index (χ1) is 11.0. The van der Waals surface area contributed by atoms with Gasteiger partial charge in [-0.3, -0.25) is 9.54 Å². The number of nitrogens with zero attached hydrogens (tertiary/aromatic N) is 3. The molecule has 1 aromatic heterocycles. The van der Waals surface area contributed by atoms with Gasteiger partial charge in [0.1, 0.15) is 16.3 Å². The van der Waals surface area contributed by atoms with E-state index in [0.29, 0.717) is 16.5 Å². The Labute approximate surface area is 132 Å². The average molecular weight is 328 g/mol. The Kier molecular flexibility index (Phi) is 3.77. The smallest absolute Gasteiger partial charge is 0.295 e. The van der Waals surface area contributed by atoms with Crippen molar-refractivity contribution in [2.24, 2.45) is 10.2 Å². The zero-order chi connectivity index (χ0) is 16.4. The van der Waals surface area contributed by atoms with E-state index < -0.39 is 10.1 Å². The van der Waals surface area contributed by atoms with Crippen LogP contribution < -0.4 is 5.73 Å². The molecule has 0 bridgehead atoms. The number of aromatic nitrogens is 1. The Morgan fingerprint density at radius 2 is 1.78 bits per heavy atom. The highest BCUT2D eigenvalue weighted by atomic mass is 32.2. The van der Waals surface area contributed by atoms with Gasteiger partial charge in [0, 0.05) is 17.0 Å². The second-order valence-corrected chi connectivity index (χ2v) is 6.13. The molecule has 3 N–H and O–H groups in total. The van der Waals surface area contributed by atoms with E-state index in [4.69, 9.17) is 5.73 Å². The number of hydrogen-bond donors (Lipinski definition) is 2. The van der Waals surface area contributed by atoms with Gasteiger partial charge in [-0.2, -0.15) is 8.42 Å². The number of anilines is 1. The molecule has 116 valence electrons. The van der Waals surface area contributed by atoms with Gasteiger partial charge in [0.05, 0.1) is 11.9 Å². The molecular weight excluding hydrogens is 316 g/mol. The normalized spacial score (nSPS) is 12.0. The minimum absolute atomic E-state index is 0.153. The molecule has 0 saturated heterocycles. The van der Waals surface area contributed by atoms with Crippen LogP contribution in [0, 0.1) is 0 Å². The Balaban J connectivity index is 2.22. The highest BCUT2D eigenvalue weighted by Gasteiger charge is 2.18. The topological polar surface area (TPSA) is 118 Å². The molecule has 0 radical (unpaired) electrons. The number of azo groups is 1. The van der Waals surface area contributed by atoms with Crippen molar-refractivity contribution in [1.29, 1.82) is 0 Å². The third kappa shape index (κ3) is 3.03. The maximum Gasteiger partial charge on any atom is 0.295 e. The van der Waals surface area contributed by atoms with Gasteiger partial charge in [0.2, 0.25) is 0 Å². The predicted octanol–water partition coefficient (Wildman–Crippen LogP) is 3.48. The summed E-state index contributed by atoms with van der Waals surface area (Å²) < 4.78 is 32.7. The molecule has 7 nitrogen and oxygen atoms in total. The lowest BCUT2D eigenvalue weighted by molar-refractivity contribution is 0.484.